The molecular formula is C37H55N7O5. The number of rotatable bonds is 21. The average molecular weight is 678 g/mol. The lowest BCUT2D eigenvalue weighted by molar-refractivity contribution is -0.133. The number of unbranched alkanes of at least 4 members (excludes halogenated alkanes) is 1. The minimum absolute atomic E-state index is 0.115. The Morgan fingerprint density at radius 1 is 0.939 bits per heavy atom. The summed E-state index contributed by atoms with van der Waals surface area (Å²) in [5.74, 6) is -2.26. The number of nitrogens with two attached hydrogens (primary N) is 3. The van der Waals surface area contributed by atoms with Gasteiger partial charge in [0.05, 0.1) is 12.1 Å². The molecule has 2 amide bonds. The summed E-state index contributed by atoms with van der Waals surface area (Å²) in [6.45, 7) is 6.37. The van der Waals surface area contributed by atoms with Crippen LogP contribution in [0.5, 0.6) is 5.75 Å². The fourth-order valence-electron chi connectivity index (χ4n) is 6.18. The van der Waals surface area contributed by atoms with E-state index >= 15 is 0 Å². The fraction of sp³-hybridized carbons (Fsp3) is 0.541. The highest BCUT2D eigenvalue weighted by molar-refractivity contribution is 5.94. The van der Waals surface area contributed by atoms with Crippen molar-refractivity contribution >= 4 is 29.3 Å². The molecule has 12 heteroatoms. The van der Waals surface area contributed by atoms with Crippen molar-refractivity contribution in [3.63, 3.8) is 0 Å². The summed E-state index contributed by atoms with van der Waals surface area (Å²) in [4.78, 5) is 58.0. The maximum atomic E-state index is 14.0. The second-order valence-corrected chi connectivity index (χ2v) is 13.1. The lowest BCUT2D eigenvalue weighted by Gasteiger charge is -2.25. The third kappa shape index (κ3) is 13.3. The summed E-state index contributed by atoms with van der Waals surface area (Å²) in [7, 11) is 0. The highest BCUT2D eigenvalue weighted by Gasteiger charge is 2.31. The first-order valence-electron chi connectivity index (χ1n) is 17.4. The first kappa shape index (κ1) is 39.2. The Labute approximate surface area is 290 Å². The molecule has 2 aromatic rings. The van der Waals surface area contributed by atoms with E-state index in [1.165, 1.54) is 0 Å². The number of benzene rings is 2. The zero-order chi connectivity index (χ0) is 35.8. The fourth-order valence-corrected chi connectivity index (χ4v) is 6.18. The molecule has 0 aromatic heterocycles. The predicted octanol–water partition coefficient (Wildman–Crippen LogP) is 2.09. The molecule has 0 saturated heterocycles. The van der Waals surface area contributed by atoms with E-state index in [2.05, 4.69) is 20.9 Å². The van der Waals surface area contributed by atoms with E-state index in [1.807, 2.05) is 44.2 Å². The zero-order valence-corrected chi connectivity index (χ0v) is 29.0. The first-order valence-corrected chi connectivity index (χ1v) is 17.4. The minimum Gasteiger partial charge on any atom is -0.508 e. The van der Waals surface area contributed by atoms with Crippen LogP contribution >= 0.6 is 0 Å². The maximum Gasteiger partial charge on any atom is 0.224 e. The number of ketones is 2. The smallest absolute Gasteiger partial charge is 0.224 e. The van der Waals surface area contributed by atoms with E-state index < -0.39 is 35.7 Å². The number of aryl methyl sites for hydroxylation is 2. The van der Waals surface area contributed by atoms with Gasteiger partial charge in [-0.15, -0.1) is 0 Å². The van der Waals surface area contributed by atoms with Gasteiger partial charge >= 0.3 is 0 Å². The average Bonchev–Trinajstić information content (AvgIpc) is 3.07. The van der Waals surface area contributed by atoms with Crippen LogP contribution < -0.4 is 33.2 Å². The molecule has 1 aliphatic rings. The summed E-state index contributed by atoms with van der Waals surface area (Å²) >= 11 is 0. The van der Waals surface area contributed by atoms with Crippen LogP contribution in [0.1, 0.15) is 73.6 Å². The molecule has 268 valence electrons. The van der Waals surface area contributed by atoms with Crippen molar-refractivity contribution in [2.45, 2.75) is 90.1 Å². The molecule has 10 N–H and O–H groups in total. The van der Waals surface area contributed by atoms with Crippen molar-refractivity contribution in [2.24, 2.45) is 34.0 Å². The highest BCUT2D eigenvalue weighted by atomic mass is 16.3. The molecule has 0 spiro atoms. The van der Waals surface area contributed by atoms with Crippen LogP contribution in [0.25, 0.3) is 0 Å². The van der Waals surface area contributed by atoms with Crippen LogP contribution in [0.3, 0.4) is 0 Å². The number of guanidine groups is 1. The number of Topliss-reactive ketones (excluding diaryl/α,β-unsaturated/α-hetero) is 2. The van der Waals surface area contributed by atoms with E-state index in [9.17, 15) is 24.3 Å². The van der Waals surface area contributed by atoms with Crippen molar-refractivity contribution in [1.29, 1.82) is 0 Å². The molecule has 3 rings (SSSR count). The van der Waals surface area contributed by atoms with Gasteiger partial charge in [0.1, 0.15) is 11.5 Å². The Hall–Kier alpha value is -4.29. The van der Waals surface area contributed by atoms with E-state index in [1.54, 1.807) is 12.1 Å². The van der Waals surface area contributed by atoms with Gasteiger partial charge in [-0.25, -0.2) is 0 Å². The number of phenolic OH excluding ortho intramolecular Hbond substituents is 1. The molecule has 0 fully saturated rings. The number of hydrogen-bond acceptors (Lipinski definition) is 10. The van der Waals surface area contributed by atoms with E-state index in [0.717, 1.165) is 47.7 Å². The largest absolute Gasteiger partial charge is 0.508 e. The minimum atomic E-state index is -0.882. The van der Waals surface area contributed by atoms with Crippen LogP contribution in [0.15, 0.2) is 47.5 Å². The standard InChI is InChI=1S/C37H55N7O5/c1-24-18-29(45)19-25(2)30(24)21-28(23-33(46)31(39)12-8-15-41-37-42-16-9-17-43-37)36(49)44-32(13-6-7-14-38)34(47)22-27(35(40)48)20-26-10-4-3-5-11-26/h3-5,10-11,18-19,27-28,31-32,45H,6-9,12-17,20-23,38-39H2,1-2H3,(H2,40,48)(H,44,49)(H2,41,42,43)/t27-,28-,31-,32+/m1/s1. The Bertz CT molecular complexity index is 1410. The number of aliphatic imine (C=N–C) groups is 1. The number of amides is 2. The summed E-state index contributed by atoms with van der Waals surface area (Å²) in [6.07, 6.45) is 3.93. The molecule has 0 aliphatic carbocycles. The van der Waals surface area contributed by atoms with Crippen molar-refractivity contribution in [1.82, 2.24) is 16.0 Å². The number of nitrogens with one attached hydrogen (secondary N) is 3. The van der Waals surface area contributed by atoms with E-state index in [-0.39, 0.29) is 36.6 Å². The Balaban J connectivity index is 1.75. The molecule has 2 aromatic carbocycles. The Morgan fingerprint density at radius 2 is 1.63 bits per heavy atom. The summed E-state index contributed by atoms with van der Waals surface area (Å²) in [5.41, 5.74) is 21.1. The van der Waals surface area contributed by atoms with Gasteiger partial charge in [0.25, 0.3) is 0 Å². The van der Waals surface area contributed by atoms with Gasteiger partial charge in [-0.05, 0) is 106 Å². The van der Waals surface area contributed by atoms with Gasteiger partial charge in [-0.2, -0.15) is 0 Å². The van der Waals surface area contributed by atoms with Crippen LogP contribution in [-0.4, -0.2) is 72.7 Å². The van der Waals surface area contributed by atoms with E-state index in [4.69, 9.17) is 17.2 Å². The molecular weight excluding hydrogens is 622 g/mol. The summed E-state index contributed by atoms with van der Waals surface area (Å²) in [5, 5.41) is 19.5. The lowest BCUT2D eigenvalue weighted by atomic mass is 9.86. The molecule has 4 atom stereocenters. The van der Waals surface area contributed by atoms with Gasteiger partial charge < -0.3 is 38.3 Å². The van der Waals surface area contributed by atoms with Gasteiger partial charge in [0, 0.05) is 44.3 Å². The SMILES string of the molecule is Cc1cc(O)cc(C)c1C[C@H](CC(=O)[C@H](N)CCCNC1=NCCCN1)C(=O)N[C@@H](CCCCN)C(=O)C[C@@H](Cc1ccccc1)C(N)=O. The number of primary amides is 1. The summed E-state index contributed by atoms with van der Waals surface area (Å²) < 4.78 is 0. The third-order valence-electron chi connectivity index (χ3n) is 9.07. The number of hydrogen-bond donors (Lipinski definition) is 7. The number of carbonyl (C=O) groups excluding carboxylic acids is 4. The predicted molar refractivity (Wildman–Crippen MR) is 192 cm³/mol. The van der Waals surface area contributed by atoms with Gasteiger partial charge in [0.15, 0.2) is 11.7 Å². The first-order chi connectivity index (χ1) is 23.5. The van der Waals surface area contributed by atoms with Gasteiger partial charge in [-0.1, -0.05) is 30.3 Å². The summed E-state index contributed by atoms with van der Waals surface area (Å²) in [6, 6.07) is 10.9. The van der Waals surface area contributed by atoms with Gasteiger partial charge in [0.2, 0.25) is 11.8 Å². The maximum absolute atomic E-state index is 14.0. The van der Waals surface area contributed by atoms with Gasteiger partial charge in [-0.3, -0.25) is 24.2 Å². The molecule has 12 nitrogen and oxygen atoms in total. The van der Waals surface area contributed by atoms with Crippen LogP contribution in [0, 0.1) is 25.7 Å². The molecule has 0 saturated carbocycles. The number of carbonyl (C=O) groups is 4. The Kier molecular flexibility index (Phi) is 16.2. The highest BCUT2D eigenvalue weighted by Crippen LogP contribution is 2.26. The number of phenols is 1. The van der Waals surface area contributed by atoms with Crippen LogP contribution in [-0.2, 0) is 32.0 Å². The van der Waals surface area contributed by atoms with Crippen molar-refractivity contribution in [3.8, 4) is 5.75 Å². The molecule has 0 bridgehead atoms. The molecule has 0 radical (unpaired) electrons. The Morgan fingerprint density at radius 3 is 2.27 bits per heavy atom. The van der Waals surface area contributed by atoms with Crippen molar-refractivity contribution in [3.05, 3.63) is 64.7 Å². The van der Waals surface area contributed by atoms with Crippen molar-refractivity contribution < 1.29 is 24.3 Å². The van der Waals surface area contributed by atoms with Crippen molar-refractivity contribution in [2.75, 3.05) is 26.2 Å². The van der Waals surface area contributed by atoms with Crippen LogP contribution in [0.2, 0.25) is 0 Å². The molecule has 1 heterocycles. The van der Waals surface area contributed by atoms with E-state index in [0.29, 0.717) is 51.6 Å². The monoisotopic (exact) mass is 677 g/mol. The normalized spacial score (nSPS) is 15.2. The molecule has 1 aliphatic heterocycles. The number of nitrogens with zero attached hydrogens (tertiary/aromatic N) is 1. The van der Waals surface area contributed by atoms with Crippen LogP contribution in [0.4, 0.5) is 0 Å². The zero-order valence-electron chi connectivity index (χ0n) is 29.0. The second kappa shape index (κ2) is 20.3. The topological polar surface area (TPSA) is 215 Å². The molecule has 49 heavy (non-hydrogen) atoms. The molecule has 0 unspecified atom stereocenters. The number of aromatic hydroxyl groups is 1. The quantitative estimate of drug-likeness (QED) is 0.0962. The second-order valence-electron chi connectivity index (χ2n) is 13.1. The third-order valence-corrected chi connectivity index (χ3v) is 9.07. The lowest BCUT2D eigenvalue weighted by Crippen LogP contribution is -2.46.